The summed E-state index contributed by atoms with van der Waals surface area (Å²) in [6.45, 7) is 2.88. The van der Waals surface area contributed by atoms with Crippen LogP contribution in [-0.4, -0.2) is 29.3 Å². The minimum atomic E-state index is 0.430. The maximum Gasteiger partial charge on any atom is 0.148 e. The Bertz CT molecular complexity index is 163. The van der Waals surface area contributed by atoms with E-state index in [-0.39, 0.29) is 0 Å². The maximum absolute atomic E-state index is 11.0. The molecule has 0 amide bonds. The number of ketones is 1. The first-order chi connectivity index (χ1) is 4.77. The number of Topliss-reactive ketones (excluding diaryl/α,β-unsaturated/α-hetero) is 1. The van der Waals surface area contributed by atoms with Crippen molar-refractivity contribution in [3.63, 3.8) is 0 Å². The predicted octanol–water partition coefficient (Wildman–Crippen LogP) is 0.812. The SMILES string of the molecule is CC1CC(=O)CN1C1CC1. The molecule has 1 aliphatic heterocycles. The lowest BCUT2D eigenvalue weighted by Crippen LogP contribution is -2.29. The molecule has 0 N–H and O–H groups in total. The summed E-state index contributed by atoms with van der Waals surface area (Å²) in [7, 11) is 0. The number of carbonyl (C=O) groups excluding carboxylic acids is 1. The van der Waals surface area contributed by atoms with Crippen molar-refractivity contribution >= 4 is 5.78 Å². The molecule has 0 radical (unpaired) electrons. The first kappa shape index (κ1) is 6.35. The Morgan fingerprint density at radius 2 is 2.20 bits per heavy atom. The fourth-order valence-corrected chi connectivity index (χ4v) is 1.77. The van der Waals surface area contributed by atoms with Crippen LogP contribution < -0.4 is 0 Å². The molecule has 1 heterocycles. The zero-order valence-corrected chi connectivity index (χ0v) is 6.34. The van der Waals surface area contributed by atoms with Gasteiger partial charge in [-0.2, -0.15) is 0 Å². The van der Waals surface area contributed by atoms with E-state index in [9.17, 15) is 4.79 Å². The van der Waals surface area contributed by atoms with Crippen LogP contribution in [0.1, 0.15) is 26.2 Å². The van der Waals surface area contributed by atoms with Gasteiger partial charge in [0.2, 0.25) is 0 Å². The van der Waals surface area contributed by atoms with Gasteiger partial charge >= 0.3 is 0 Å². The van der Waals surface area contributed by atoms with Crippen molar-refractivity contribution in [1.29, 1.82) is 0 Å². The average molecular weight is 139 g/mol. The quantitative estimate of drug-likeness (QED) is 0.536. The minimum absolute atomic E-state index is 0.430. The zero-order valence-electron chi connectivity index (χ0n) is 6.34. The molecule has 0 aromatic heterocycles. The molecule has 1 saturated carbocycles. The number of likely N-dealkylation sites (tertiary alicyclic amines) is 1. The lowest BCUT2D eigenvalue weighted by Gasteiger charge is -2.18. The second-order valence-electron chi connectivity index (χ2n) is 3.50. The summed E-state index contributed by atoms with van der Waals surface area (Å²) in [5, 5.41) is 0. The fraction of sp³-hybridized carbons (Fsp3) is 0.875. The number of rotatable bonds is 1. The van der Waals surface area contributed by atoms with Crippen molar-refractivity contribution in [2.45, 2.75) is 38.3 Å². The highest BCUT2D eigenvalue weighted by Crippen LogP contribution is 2.31. The molecule has 0 aromatic carbocycles. The molecule has 2 heteroatoms. The number of nitrogens with zero attached hydrogens (tertiary/aromatic N) is 1. The van der Waals surface area contributed by atoms with Crippen molar-refractivity contribution in [2.75, 3.05) is 6.54 Å². The van der Waals surface area contributed by atoms with E-state index < -0.39 is 0 Å². The largest absolute Gasteiger partial charge is 0.298 e. The summed E-state index contributed by atoms with van der Waals surface area (Å²) in [6.07, 6.45) is 3.42. The van der Waals surface area contributed by atoms with E-state index in [1.54, 1.807) is 0 Å². The van der Waals surface area contributed by atoms with Crippen LogP contribution in [0.3, 0.4) is 0 Å². The van der Waals surface area contributed by atoms with E-state index in [1.807, 2.05) is 0 Å². The predicted molar refractivity (Wildman–Crippen MR) is 38.8 cm³/mol. The van der Waals surface area contributed by atoms with Crippen LogP contribution in [-0.2, 0) is 4.79 Å². The Kier molecular flexibility index (Phi) is 1.31. The summed E-state index contributed by atoms with van der Waals surface area (Å²) < 4.78 is 0. The Labute approximate surface area is 61.2 Å². The second kappa shape index (κ2) is 2.06. The van der Waals surface area contributed by atoms with Crippen LogP contribution in [0.15, 0.2) is 0 Å². The topological polar surface area (TPSA) is 20.3 Å². The molecule has 0 aromatic rings. The van der Waals surface area contributed by atoms with Gasteiger partial charge in [0, 0.05) is 18.5 Å². The van der Waals surface area contributed by atoms with Gasteiger partial charge in [-0.05, 0) is 19.8 Å². The standard InChI is InChI=1S/C8H13NO/c1-6-4-8(10)5-9(6)7-2-3-7/h6-7H,2-5H2,1H3. The molecular weight excluding hydrogens is 126 g/mol. The molecule has 2 rings (SSSR count). The molecule has 2 nitrogen and oxygen atoms in total. The summed E-state index contributed by atoms with van der Waals surface area (Å²) in [5.74, 6) is 0.430. The van der Waals surface area contributed by atoms with Crippen molar-refractivity contribution in [3.8, 4) is 0 Å². The Hall–Kier alpha value is -0.370. The molecule has 1 aliphatic carbocycles. The van der Waals surface area contributed by atoms with Crippen molar-refractivity contribution in [3.05, 3.63) is 0 Å². The molecule has 1 atom stereocenters. The van der Waals surface area contributed by atoms with Crippen LogP contribution in [0, 0.1) is 0 Å². The average Bonchev–Trinajstić information content (AvgIpc) is 2.61. The maximum atomic E-state index is 11.0. The highest BCUT2D eigenvalue weighted by molar-refractivity contribution is 5.83. The van der Waals surface area contributed by atoms with Gasteiger partial charge in [-0.3, -0.25) is 9.69 Å². The van der Waals surface area contributed by atoms with E-state index in [2.05, 4.69) is 11.8 Å². The number of carbonyl (C=O) groups is 1. The molecule has 0 spiro atoms. The van der Waals surface area contributed by atoms with E-state index in [4.69, 9.17) is 0 Å². The lowest BCUT2D eigenvalue weighted by atomic mass is 10.2. The highest BCUT2D eigenvalue weighted by atomic mass is 16.1. The summed E-state index contributed by atoms with van der Waals surface area (Å²) in [6, 6.07) is 1.29. The van der Waals surface area contributed by atoms with Crippen molar-refractivity contribution < 1.29 is 4.79 Å². The molecule has 56 valence electrons. The normalized spacial score (nSPS) is 35.3. The monoisotopic (exact) mass is 139 g/mol. The number of hydrogen-bond acceptors (Lipinski definition) is 2. The third-order valence-electron chi connectivity index (χ3n) is 2.46. The molecule has 10 heavy (non-hydrogen) atoms. The highest BCUT2D eigenvalue weighted by Gasteiger charge is 2.37. The summed E-state index contributed by atoms with van der Waals surface area (Å²) >= 11 is 0. The third-order valence-corrected chi connectivity index (χ3v) is 2.46. The van der Waals surface area contributed by atoms with Crippen LogP contribution in [0.2, 0.25) is 0 Å². The zero-order chi connectivity index (χ0) is 7.14. The minimum Gasteiger partial charge on any atom is -0.298 e. The third kappa shape index (κ3) is 0.966. The molecule has 2 fully saturated rings. The fourth-order valence-electron chi connectivity index (χ4n) is 1.77. The van der Waals surface area contributed by atoms with Crippen molar-refractivity contribution in [1.82, 2.24) is 4.90 Å². The van der Waals surface area contributed by atoms with Gasteiger partial charge in [-0.1, -0.05) is 0 Å². The van der Waals surface area contributed by atoms with Gasteiger partial charge in [-0.25, -0.2) is 0 Å². The molecular formula is C8H13NO. The van der Waals surface area contributed by atoms with Gasteiger partial charge < -0.3 is 0 Å². The van der Waals surface area contributed by atoms with Crippen LogP contribution >= 0.6 is 0 Å². The van der Waals surface area contributed by atoms with Crippen LogP contribution in [0.4, 0.5) is 0 Å². The van der Waals surface area contributed by atoms with Gasteiger partial charge in [0.25, 0.3) is 0 Å². The van der Waals surface area contributed by atoms with E-state index in [0.717, 1.165) is 19.0 Å². The van der Waals surface area contributed by atoms with Gasteiger partial charge in [0.1, 0.15) is 5.78 Å². The van der Waals surface area contributed by atoms with Gasteiger partial charge in [0.05, 0.1) is 6.54 Å². The van der Waals surface area contributed by atoms with Crippen LogP contribution in [0.25, 0.3) is 0 Å². The second-order valence-corrected chi connectivity index (χ2v) is 3.50. The molecule has 1 saturated heterocycles. The number of hydrogen-bond donors (Lipinski definition) is 0. The van der Waals surface area contributed by atoms with Gasteiger partial charge in [0.15, 0.2) is 0 Å². The molecule has 2 aliphatic rings. The Morgan fingerprint density at radius 3 is 2.60 bits per heavy atom. The molecule has 0 bridgehead atoms. The van der Waals surface area contributed by atoms with Gasteiger partial charge in [-0.15, -0.1) is 0 Å². The summed E-state index contributed by atoms with van der Waals surface area (Å²) in [5.41, 5.74) is 0. The molecule has 1 unspecified atom stereocenters. The Morgan fingerprint density at radius 1 is 1.50 bits per heavy atom. The van der Waals surface area contributed by atoms with E-state index in [0.29, 0.717) is 11.8 Å². The van der Waals surface area contributed by atoms with E-state index in [1.165, 1.54) is 12.8 Å². The smallest absolute Gasteiger partial charge is 0.148 e. The summed E-state index contributed by atoms with van der Waals surface area (Å²) in [4.78, 5) is 13.3. The Balaban J connectivity index is 2.01. The first-order valence-electron chi connectivity index (χ1n) is 4.05. The van der Waals surface area contributed by atoms with Crippen molar-refractivity contribution in [2.24, 2.45) is 0 Å². The van der Waals surface area contributed by atoms with E-state index >= 15 is 0 Å². The lowest BCUT2D eigenvalue weighted by molar-refractivity contribution is -0.117. The first-order valence-corrected chi connectivity index (χ1v) is 4.05. The van der Waals surface area contributed by atoms with Crippen LogP contribution in [0.5, 0.6) is 0 Å².